The minimum atomic E-state index is -3.01. The lowest BCUT2D eigenvalue weighted by Gasteiger charge is -2.24. The average molecular weight is 494 g/mol. The predicted octanol–water partition coefficient (Wildman–Crippen LogP) is 1.97. The molecule has 2 atom stereocenters. The number of fused-ring (bicyclic) bond motifs is 1. The number of rotatable bonds is 7. The van der Waals surface area contributed by atoms with Crippen molar-refractivity contribution in [2.45, 2.75) is 65.1 Å². The molecule has 33 heavy (non-hydrogen) atoms. The number of thiophene rings is 1. The maximum absolute atomic E-state index is 13.0. The Balaban J connectivity index is 1.47. The Morgan fingerprint density at radius 3 is 2.70 bits per heavy atom. The Morgan fingerprint density at radius 2 is 2.06 bits per heavy atom. The summed E-state index contributed by atoms with van der Waals surface area (Å²) in [6.45, 7) is 6.17. The van der Waals surface area contributed by atoms with Crippen LogP contribution >= 0.6 is 11.3 Å². The summed E-state index contributed by atoms with van der Waals surface area (Å²) in [5.41, 5.74) is 9.81. The number of aromatic nitrogens is 2. The van der Waals surface area contributed by atoms with Crippen molar-refractivity contribution in [2.75, 3.05) is 23.9 Å². The van der Waals surface area contributed by atoms with Crippen molar-refractivity contribution in [3.05, 3.63) is 33.0 Å². The van der Waals surface area contributed by atoms with Crippen LogP contribution < -0.4 is 11.1 Å². The summed E-state index contributed by atoms with van der Waals surface area (Å²) in [5, 5.41) is 8.08. The summed E-state index contributed by atoms with van der Waals surface area (Å²) in [7, 11) is -1.14. The number of amides is 2. The molecule has 4 rings (SSSR count). The summed E-state index contributed by atoms with van der Waals surface area (Å²) < 4.78 is 25.6. The molecular weight excluding hydrogens is 462 g/mol. The van der Waals surface area contributed by atoms with Crippen LogP contribution in [0.25, 0.3) is 0 Å². The van der Waals surface area contributed by atoms with Gasteiger partial charge in [0, 0.05) is 22.7 Å². The zero-order valence-corrected chi connectivity index (χ0v) is 21.1. The van der Waals surface area contributed by atoms with Crippen LogP contribution in [-0.2, 0) is 34.0 Å². The number of carbonyl (C=O) groups is 2. The molecule has 0 unspecified atom stereocenters. The minimum Gasteiger partial charge on any atom is -0.365 e. The molecule has 3 N–H and O–H groups in total. The van der Waals surface area contributed by atoms with E-state index < -0.39 is 21.8 Å². The third-order valence-electron chi connectivity index (χ3n) is 6.88. The van der Waals surface area contributed by atoms with Gasteiger partial charge in [-0.2, -0.15) is 5.10 Å². The van der Waals surface area contributed by atoms with Crippen molar-refractivity contribution in [3.8, 4) is 0 Å². The second kappa shape index (κ2) is 8.84. The maximum atomic E-state index is 13.0. The van der Waals surface area contributed by atoms with E-state index in [4.69, 9.17) is 5.73 Å². The number of sulfone groups is 1. The molecule has 9 nitrogen and oxygen atoms in total. The highest BCUT2D eigenvalue weighted by Crippen LogP contribution is 2.39. The Labute approximate surface area is 198 Å². The molecular formula is C22H31N5O4S2. The fourth-order valence-corrected chi connectivity index (χ4v) is 7.80. The quantitative estimate of drug-likeness (QED) is 0.607. The van der Waals surface area contributed by atoms with Gasteiger partial charge in [0.2, 0.25) is 5.91 Å². The van der Waals surface area contributed by atoms with Crippen molar-refractivity contribution >= 4 is 38.0 Å². The molecule has 1 saturated heterocycles. The molecule has 1 aliphatic heterocycles. The normalized spacial score (nSPS) is 20.2. The molecule has 180 valence electrons. The van der Waals surface area contributed by atoms with E-state index >= 15 is 0 Å². The lowest BCUT2D eigenvalue weighted by molar-refractivity contribution is -0.120. The van der Waals surface area contributed by atoms with Crippen LogP contribution in [0.4, 0.5) is 5.00 Å². The van der Waals surface area contributed by atoms with Crippen molar-refractivity contribution in [1.82, 2.24) is 14.7 Å². The molecule has 3 heterocycles. The zero-order chi connectivity index (χ0) is 24.1. The van der Waals surface area contributed by atoms with Gasteiger partial charge >= 0.3 is 0 Å². The van der Waals surface area contributed by atoms with Crippen LogP contribution in [0.2, 0.25) is 0 Å². The van der Waals surface area contributed by atoms with Crippen molar-refractivity contribution in [3.63, 3.8) is 0 Å². The van der Waals surface area contributed by atoms with E-state index in [1.165, 1.54) is 11.3 Å². The highest BCUT2D eigenvalue weighted by molar-refractivity contribution is 7.91. The van der Waals surface area contributed by atoms with Crippen LogP contribution in [0, 0.1) is 13.8 Å². The lowest BCUT2D eigenvalue weighted by atomic mass is 10.1. The zero-order valence-electron chi connectivity index (χ0n) is 19.5. The summed E-state index contributed by atoms with van der Waals surface area (Å²) in [5.74, 6) is -0.388. The summed E-state index contributed by atoms with van der Waals surface area (Å²) >= 11 is 1.45. The van der Waals surface area contributed by atoms with Gasteiger partial charge in [0.15, 0.2) is 9.84 Å². The lowest BCUT2D eigenvalue weighted by Crippen LogP contribution is -2.39. The first-order valence-electron chi connectivity index (χ1n) is 11.2. The number of hydrogen-bond donors (Lipinski definition) is 2. The molecule has 0 aromatic carbocycles. The number of aryl methyl sites for hydroxylation is 2. The molecule has 0 spiro atoms. The largest absolute Gasteiger partial charge is 0.365 e. The van der Waals surface area contributed by atoms with Crippen molar-refractivity contribution in [2.24, 2.45) is 5.73 Å². The first kappa shape index (κ1) is 23.9. The van der Waals surface area contributed by atoms with E-state index in [9.17, 15) is 18.0 Å². The number of nitrogens with zero attached hydrogens (tertiary/aromatic N) is 3. The fraction of sp³-hybridized carbons (Fsp3) is 0.591. The van der Waals surface area contributed by atoms with E-state index in [0.29, 0.717) is 23.5 Å². The SMILES string of the molecule is Cc1nn([C@H]2CCS(=O)(=O)C2)c(C)c1CN(C)[C@H](C)C(=O)Nc1sc2c(c1C(N)=O)CCC2. The second-order valence-corrected chi connectivity index (χ2v) is 12.5. The Kier molecular flexibility index (Phi) is 6.41. The predicted molar refractivity (Wildman–Crippen MR) is 128 cm³/mol. The Hall–Kier alpha value is -2.24. The fourth-order valence-electron chi connectivity index (χ4n) is 4.81. The van der Waals surface area contributed by atoms with Crippen molar-refractivity contribution in [1.29, 1.82) is 0 Å². The highest BCUT2D eigenvalue weighted by Gasteiger charge is 2.32. The van der Waals surface area contributed by atoms with Gasteiger partial charge in [-0.05, 0) is 59.1 Å². The topological polar surface area (TPSA) is 127 Å². The van der Waals surface area contributed by atoms with Gasteiger partial charge < -0.3 is 11.1 Å². The minimum absolute atomic E-state index is 0.121. The number of carbonyl (C=O) groups excluding carboxylic acids is 2. The highest BCUT2D eigenvalue weighted by atomic mass is 32.2. The van der Waals surface area contributed by atoms with Gasteiger partial charge in [0.25, 0.3) is 5.91 Å². The van der Waals surface area contributed by atoms with E-state index in [2.05, 4.69) is 10.4 Å². The molecule has 2 amide bonds. The van der Waals surface area contributed by atoms with Crippen LogP contribution in [0.1, 0.15) is 63.6 Å². The number of nitrogens with one attached hydrogen (secondary N) is 1. The van der Waals surface area contributed by atoms with Crippen LogP contribution in [0.15, 0.2) is 0 Å². The number of primary amides is 1. The number of hydrogen-bond acceptors (Lipinski definition) is 7. The standard InChI is InChI=1S/C22H31N5O4S2/c1-12-17(13(2)27(25-12)15-8-9-33(30,31)11-15)10-26(4)14(3)21(29)24-22-19(20(23)28)16-6-5-7-18(16)32-22/h14-15H,5-11H2,1-4H3,(H2,23,28)(H,24,29)/t14-,15+/m1/s1. The van der Waals surface area contributed by atoms with Gasteiger partial charge in [0.1, 0.15) is 5.00 Å². The van der Waals surface area contributed by atoms with Gasteiger partial charge in [-0.25, -0.2) is 8.42 Å². The number of likely N-dealkylation sites (N-methyl/N-ethyl adjacent to an activating group) is 1. The van der Waals surface area contributed by atoms with E-state index in [1.807, 2.05) is 37.4 Å². The third-order valence-corrected chi connectivity index (χ3v) is 9.84. The van der Waals surface area contributed by atoms with Gasteiger partial charge in [-0.15, -0.1) is 11.3 Å². The van der Waals surface area contributed by atoms with Crippen molar-refractivity contribution < 1.29 is 18.0 Å². The number of anilines is 1. The van der Waals surface area contributed by atoms with Crippen LogP contribution in [0.5, 0.6) is 0 Å². The van der Waals surface area contributed by atoms with Gasteiger partial charge in [0.05, 0.1) is 34.8 Å². The first-order chi connectivity index (χ1) is 15.5. The van der Waals surface area contributed by atoms with Crippen LogP contribution in [0.3, 0.4) is 0 Å². The molecule has 0 bridgehead atoms. The molecule has 2 aliphatic rings. The van der Waals surface area contributed by atoms with E-state index in [0.717, 1.165) is 46.7 Å². The van der Waals surface area contributed by atoms with Gasteiger partial charge in [-0.3, -0.25) is 19.2 Å². The third kappa shape index (κ3) is 4.58. The molecule has 1 fully saturated rings. The molecule has 2 aromatic heterocycles. The number of nitrogens with two attached hydrogens (primary N) is 1. The van der Waals surface area contributed by atoms with E-state index in [1.54, 1.807) is 0 Å². The Bertz CT molecular complexity index is 1210. The molecule has 1 aliphatic carbocycles. The molecule has 0 radical (unpaired) electrons. The van der Waals surface area contributed by atoms with E-state index in [-0.39, 0.29) is 23.5 Å². The van der Waals surface area contributed by atoms with Gasteiger partial charge in [-0.1, -0.05) is 0 Å². The molecule has 0 saturated carbocycles. The maximum Gasteiger partial charge on any atom is 0.251 e. The summed E-state index contributed by atoms with van der Waals surface area (Å²) in [4.78, 5) is 28.1. The molecule has 11 heteroatoms. The monoisotopic (exact) mass is 493 g/mol. The second-order valence-electron chi connectivity index (χ2n) is 9.16. The average Bonchev–Trinajstić information content (AvgIpc) is 3.46. The Morgan fingerprint density at radius 1 is 1.33 bits per heavy atom. The smallest absolute Gasteiger partial charge is 0.251 e. The van der Waals surface area contributed by atoms with Crippen LogP contribution in [-0.4, -0.2) is 59.5 Å². The summed E-state index contributed by atoms with van der Waals surface area (Å²) in [6.07, 6.45) is 3.32. The first-order valence-corrected chi connectivity index (χ1v) is 13.8. The summed E-state index contributed by atoms with van der Waals surface area (Å²) in [6, 6.07) is -0.599. The molecule has 2 aromatic rings.